The van der Waals surface area contributed by atoms with E-state index in [9.17, 15) is 4.79 Å². The van der Waals surface area contributed by atoms with Crippen molar-refractivity contribution in [1.82, 2.24) is 4.90 Å². The number of hydrogen-bond donors (Lipinski definition) is 1. The molecule has 1 aromatic rings. The molecule has 1 amide bonds. The SMILES string of the molecule is Cc1ccc(C(=O)N(C)CCCCCN)o1. The Morgan fingerprint density at radius 2 is 2.12 bits per heavy atom. The lowest BCUT2D eigenvalue weighted by atomic mass is 10.2. The molecule has 0 aromatic carbocycles. The number of amides is 1. The van der Waals surface area contributed by atoms with Crippen LogP contribution < -0.4 is 5.73 Å². The van der Waals surface area contributed by atoms with Gasteiger partial charge in [-0.25, -0.2) is 0 Å². The third kappa shape index (κ3) is 3.70. The first-order valence-corrected chi connectivity index (χ1v) is 5.67. The third-order valence-electron chi connectivity index (χ3n) is 2.50. The number of rotatable bonds is 6. The molecule has 1 aromatic heterocycles. The number of carbonyl (C=O) groups is 1. The van der Waals surface area contributed by atoms with Crippen molar-refractivity contribution in [3.63, 3.8) is 0 Å². The van der Waals surface area contributed by atoms with Crippen LogP contribution in [0, 0.1) is 6.92 Å². The monoisotopic (exact) mass is 224 g/mol. The number of furan rings is 1. The van der Waals surface area contributed by atoms with Gasteiger partial charge in [0.2, 0.25) is 0 Å². The quantitative estimate of drug-likeness (QED) is 0.749. The second-order valence-electron chi connectivity index (χ2n) is 3.99. The van der Waals surface area contributed by atoms with Gasteiger partial charge in [0.15, 0.2) is 5.76 Å². The van der Waals surface area contributed by atoms with Crippen LogP contribution in [0.1, 0.15) is 35.6 Å². The first kappa shape index (κ1) is 12.8. The van der Waals surface area contributed by atoms with Crippen LogP contribution >= 0.6 is 0 Å². The number of nitrogens with zero attached hydrogens (tertiary/aromatic N) is 1. The molecule has 0 saturated heterocycles. The van der Waals surface area contributed by atoms with E-state index in [2.05, 4.69) is 0 Å². The Morgan fingerprint density at radius 1 is 1.38 bits per heavy atom. The Balaban J connectivity index is 2.36. The van der Waals surface area contributed by atoms with Gasteiger partial charge in [0, 0.05) is 13.6 Å². The first-order chi connectivity index (χ1) is 7.65. The lowest BCUT2D eigenvalue weighted by Gasteiger charge is -2.15. The highest BCUT2D eigenvalue weighted by molar-refractivity contribution is 5.91. The number of hydrogen-bond acceptors (Lipinski definition) is 3. The zero-order valence-electron chi connectivity index (χ0n) is 10.0. The van der Waals surface area contributed by atoms with Gasteiger partial charge in [-0.3, -0.25) is 4.79 Å². The first-order valence-electron chi connectivity index (χ1n) is 5.67. The topological polar surface area (TPSA) is 59.5 Å². The summed E-state index contributed by atoms with van der Waals surface area (Å²) in [5.41, 5.74) is 5.40. The second-order valence-corrected chi connectivity index (χ2v) is 3.99. The molecule has 1 heterocycles. The predicted molar refractivity (Wildman–Crippen MR) is 63.3 cm³/mol. The second kappa shape index (κ2) is 6.33. The lowest BCUT2D eigenvalue weighted by Crippen LogP contribution is -2.27. The van der Waals surface area contributed by atoms with E-state index in [1.165, 1.54) is 0 Å². The Kier molecular flexibility index (Phi) is 5.05. The molecule has 4 nitrogen and oxygen atoms in total. The molecule has 0 bridgehead atoms. The zero-order chi connectivity index (χ0) is 12.0. The van der Waals surface area contributed by atoms with Crippen LogP contribution in [0.4, 0.5) is 0 Å². The Bertz CT molecular complexity index is 334. The predicted octanol–water partition coefficient (Wildman–Crippen LogP) is 1.79. The van der Waals surface area contributed by atoms with E-state index in [0.717, 1.165) is 38.1 Å². The number of unbranched alkanes of at least 4 members (excludes halogenated alkanes) is 2. The van der Waals surface area contributed by atoms with Crippen LogP contribution in [0.5, 0.6) is 0 Å². The average molecular weight is 224 g/mol. The molecule has 0 saturated carbocycles. The highest BCUT2D eigenvalue weighted by Crippen LogP contribution is 2.09. The lowest BCUT2D eigenvalue weighted by molar-refractivity contribution is 0.0760. The van der Waals surface area contributed by atoms with E-state index in [0.29, 0.717) is 5.76 Å². The smallest absolute Gasteiger partial charge is 0.289 e. The molecule has 0 unspecified atom stereocenters. The van der Waals surface area contributed by atoms with Crippen LogP contribution in [-0.2, 0) is 0 Å². The molecule has 1 rings (SSSR count). The number of nitrogens with two attached hydrogens (primary N) is 1. The molecule has 0 radical (unpaired) electrons. The molecule has 90 valence electrons. The fraction of sp³-hybridized carbons (Fsp3) is 0.583. The van der Waals surface area contributed by atoms with Crippen LogP contribution in [0.3, 0.4) is 0 Å². The molecule has 4 heteroatoms. The van der Waals surface area contributed by atoms with E-state index in [-0.39, 0.29) is 5.91 Å². The van der Waals surface area contributed by atoms with Gasteiger partial charge < -0.3 is 15.1 Å². The third-order valence-corrected chi connectivity index (χ3v) is 2.50. The maximum absolute atomic E-state index is 11.8. The highest BCUT2D eigenvalue weighted by atomic mass is 16.3. The van der Waals surface area contributed by atoms with Crippen LogP contribution in [0.2, 0.25) is 0 Å². The van der Waals surface area contributed by atoms with Gasteiger partial charge in [-0.05, 0) is 38.4 Å². The summed E-state index contributed by atoms with van der Waals surface area (Å²) in [4.78, 5) is 13.5. The normalized spacial score (nSPS) is 10.4. The number of aryl methyl sites for hydroxylation is 1. The van der Waals surface area contributed by atoms with Crippen LogP contribution in [0.25, 0.3) is 0 Å². The Morgan fingerprint density at radius 3 is 2.69 bits per heavy atom. The summed E-state index contributed by atoms with van der Waals surface area (Å²) in [6, 6.07) is 3.52. The summed E-state index contributed by atoms with van der Waals surface area (Å²) < 4.78 is 5.28. The largest absolute Gasteiger partial charge is 0.456 e. The van der Waals surface area contributed by atoms with E-state index in [4.69, 9.17) is 10.2 Å². The molecular formula is C12H20N2O2. The zero-order valence-corrected chi connectivity index (χ0v) is 10.0. The van der Waals surface area contributed by atoms with E-state index in [1.54, 1.807) is 24.1 Å². The number of carbonyl (C=O) groups excluding carboxylic acids is 1. The summed E-state index contributed by atoms with van der Waals surface area (Å²) in [5.74, 6) is 1.12. The standard InChI is InChI=1S/C12H20N2O2/c1-10-6-7-11(16-10)12(15)14(2)9-5-3-4-8-13/h6-7H,3-5,8-9,13H2,1-2H3. The average Bonchev–Trinajstić information content (AvgIpc) is 2.70. The molecule has 16 heavy (non-hydrogen) atoms. The van der Waals surface area contributed by atoms with Gasteiger partial charge in [-0.2, -0.15) is 0 Å². The van der Waals surface area contributed by atoms with E-state index in [1.807, 2.05) is 6.92 Å². The molecule has 0 spiro atoms. The van der Waals surface area contributed by atoms with E-state index >= 15 is 0 Å². The van der Waals surface area contributed by atoms with Crippen molar-refractivity contribution in [2.45, 2.75) is 26.2 Å². The fourth-order valence-corrected chi connectivity index (χ4v) is 1.51. The fourth-order valence-electron chi connectivity index (χ4n) is 1.51. The molecule has 0 aliphatic carbocycles. The van der Waals surface area contributed by atoms with Gasteiger partial charge in [0.05, 0.1) is 0 Å². The van der Waals surface area contributed by atoms with Crippen molar-refractivity contribution in [3.8, 4) is 0 Å². The van der Waals surface area contributed by atoms with Gasteiger partial charge in [0.1, 0.15) is 5.76 Å². The Labute approximate surface area is 96.4 Å². The van der Waals surface area contributed by atoms with Crippen molar-refractivity contribution in [3.05, 3.63) is 23.7 Å². The maximum Gasteiger partial charge on any atom is 0.289 e. The molecule has 0 atom stereocenters. The molecular weight excluding hydrogens is 204 g/mol. The maximum atomic E-state index is 11.8. The van der Waals surface area contributed by atoms with E-state index < -0.39 is 0 Å². The summed E-state index contributed by atoms with van der Waals surface area (Å²) in [6.45, 7) is 3.30. The van der Waals surface area contributed by atoms with Gasteiger partial charge in [0.25, 0.3) is 5.91 Å². The minimum atomic E-state index is -0.0548. The molecule has 2 N–H and O–H groups in total. The summed E-state index contributed by atoms with van der Waals surface area (Å²) in [7, 11) is 1.79. The van der Waals surface area contributed by atoms with Crippen molar-refractivity contribution in [2.24, 2.45) is 5.73 Å². The van der Waals surface area contributed by atoms with Crippen molar-refractivity contribution < 1.29 is 9.21 Å². The van der Waals surface area contributed by atoms with Gasteiger partial charge in [-0.1, -0.05) is 6.42 Å². The summed E-state index contributed by atoms with van der Waals surface area (Å²) >= 11 is 0. The summed E-state index contributed by atoms with van der Waals surface area (Å²) in [5, 5.41) is 0. The van der Waals surface area contributed by atoms with Crippen LogP contribution in [-0.4, -0.2) is 30.9 Å². The van der Waals surface area contributed by atoms with Crippen LogP contribution in [0.15, 0.2) is 16.5 Å². The molecule has 0 aliphatic rings. The molecule has 0 aliphatic heterocycles. The Hall–Kier alpha value is -1.29. The molecule has 0 fully saturated rings. The minimum absolute atomic E-state index is 0.0548. The minimum Gasteiger partial charge on any atom is -0.456 e. The summed E-state index contributed by atoms with van der Waals surface area (Å²) in [6.07, 6.45) is 3.06. The van der Waals surface area contributed by atoms with Gasteiger partial charge in [-0.15, -0.1) is 0 Å². The van der Waals surface area contributed by atoms with Crippen molar-refractivity contribution in [1.29, 1.82) is 0 Å². The van der Waals surface area contributed by atoms with Gasteiger partial charge >= 0.3 is 0 Å². The van der Waals surface area contributed by atoms with Crippen molar-refractivity contribution >= 4 is 5.91 Å². The highest BCUT2D eigenvalue weighted by Gasteiger charge is 2.14. The van der Waals surface area contributed by atoms with Crippen molar-refractivity contribution in [2.75, 3.05) is 20.1 Å².